The number of rotatable bonds is 3. The third-order valence-electron chi connectivity index (χ3n) is 4.64. The van der Waals surface area contributed by atoms with Crippen LogP contribution in [0.1, 0.15) is 37.6 Å². The van der Waals surface area contributed by atoms with E-state index in [9.17, 15) is 18.4 Å². The lowest BCUT2D eigenvalue weighted by molar-refractivity contribution is 0.102. The summed E-state index contributed by atoms with van der Waals surface area (Å²) in [5.41, 5.74) is 3.23. The first-order valence-corrected chi connectivity index (χ1v) is 9.35. The molecule has 1 heterocycles. The quantitative estimate of drug-likeness (QED) is 0.628. The van der Waals surface area contributed by atoms with Gasteiger partial charge in [-0.25, -0.2) is 8.78 Å². The number of hydrogen-bond donors (Lipinski definition) is 1. The minimum absolute atomic E-state index is 0.381. The van der Waals surface area contributed by atoms with Crippen molar-refractivity contribution in [3.63, 3.8) is 0 Å². The summed E-state index contributed by atoms with van der Waals surface area (Å²) in [6.07, 6.45) is 3.43. The second-order valence-electron chi connectivity index (χ2n) is 6.40. The third kappa shape index (κ3) is 3.28. The molecule has 27 heavy (non-hydrogen) atoms. The summed E-state index contributed by atoms with van der Waals surface area (Å²) in [6, 6.07) is 10.8. The van der Waals surface area contributed by atoms with Crippen LogP contribution < -0.4 is 5.32 Å². The maximum absolute atomic E-state index is 13.8. The second kappa shape index (κ2) is 7.04. The highest BCUT2D eigenvalue weighted by Gasteiger charge is 2.22. The maximum atomic E-state index is 13.8. The number of carbonyl (C=O) groups excluding carboxylic acids is 2. The monoisotopic (exact) mass is 383 g/mol. The van der Waals surface area contributed by atoms with Gasteiger partial charge in [-0.2, -0.15) is 0 Å². The normalized spacial score (nSPS) is 12.7. The molecule has 0 aliphatic heterocycles. The molecule has 3 nitrogen and oxygen atoms in total. The predicted octanol–water partition coefficient (Wildman–Crippen LogP) is 5.25. The molecule has 0 spiro atoms. The van der Waals surface area contributed by atoms with Gasteiger partial charge < -0.3 is 5.32 Å². The molecule has 1 aromatic heterocycles. The van der Waals surface area contributed by atoms with Crippen LogP contribution >= 0.6 is 11.3 Å². The third-order valence-corrected chi connectivity index (χ3v) is 5.85. The molecule has 3 aromatic rings. The Morgan fingerprint density at radius 1 is 1.04 bits per heavy atom. The number of para-hydroxylation sites is 1. The molecule has 1 amide bonds. The molecule has 0 fully saturated rings. The van der Waals surface area contributed by atoms with E-state index in [1.807, 2.05) is 12.1 Å². The SMILES string of the molecule is O=Cc1ccc2c(c1)-c1sc(C(=O)Nc3c(F)cccc3F)cc1CCC2. The van der Waals surface area contributed by atoms with Crippen LogP contribution in [0, 0.1) is 11.6 Å². The molecule has 0 saturated heterocycles. The Bertz CT molecular complexity index is 1040. The minimum atomic E-state index is -0.817. The number of halogens is 2. The Morgan fingerprint density at radius 3 is 2.52 bits per heavy atom. The van der Waals surface area contributed by atoms with E-state index < -0.39 is 23.2 Å². The fourth-order valence-electron chi connectivity index (χ4n) is 3.31. The molecule has 6 heteroatoms. The topological polar surface area (TPSA) is 46.2 Å². The van der Waals surface area contributed by atoms with Gasteiger partial charge in [0.2, 0.25) is 0 Å². The summed E-state index contributed by atoms with van der Waals surface area (Å²) in [6.45, 7) is 0. The molecule has 1 aliphatic rings. The van der Waals surface area contributed by atoms with Crippen LogP contribution in [0.2, 0.25) is 0 Å². The molecule has 0 radical (unpaired) electrons. The van der Waals surface area contributed by atoms with E-state index in [1.165, 1.54) is 17.4 Å². The predicted molar refractivity (Wildman–Crippen MR) is 101 cm³/mol. The lowest BCUT2D eigenvalue weighted by Crippen LogP contribution is -2.12. The van der Waals surface area contributed by atoms with E-state index >= 15 is 0 Å². The lowest BCUT2D eigenvalue weighted by atomic mass is 10.0. The van der Waals surface area contributed by atoms with E-state index in [0.717, 1.165) is 59.2 Å². The number of aldehydes is 1. The van der Waals surface area contributed by atoms with Gasteiger partial charge in [0.1, 0.15) is 23.6 Å². The highest BCUT2D eigenvalue weighted by molar-refractivity contribution is 7.17. The van der Waals surface area contributed by atoms with Gasteiger partial charge in [-0.15, -0.1) is 11.3 Å². The fourth-order valence-corrected chi connectivity index (χ4v) is 4.47. The number of carbonyl (C=O) groups is 2. The van der Waals surface area contributed by atoms with Crippen molar-refractivity contribution in [3.8, 4) is 10.4 Å². The van der Waals surface area contributed by atoms with Crippen molar-refractivity contribution in [2.75, 3.05) is 5.32 Å². The first-order chi connectivity index (χ1) is 13.1. The van der Waals surface area contributed by atoms with Gasteiger partial charge >= 0.3 is 0 Å². The Labute approximate surface area is 158 Å². The summed E-state index contributed by atoms with van der Waals surface area (Å²) < 4.78 is 27.6. The van der Waals surface area contributed by atoms with Crippen molar-refractivity contribution >= 4 is 29.2 Å². The zero-order chi connectivity index (χ0) is 19.0. The minimum Gasteiger partial charge on any atom is -0.316 e. The number of nitrogens with one attached hydrogen (secondary N) is 1. The Balaban J connectivity index is 1.72. The van der Waals surface area contributed by atoms with Crippen LogP contribution in [-0.2, 0) is 12.8 Å². The van der Waals surface area contributed by atoms with E-state index in [1.54, 1.807) is 12.1 Å². The van der Waals surface area contributed by atoms with Crippen molar-refractivity contribution in [1.82, 2.24) is 0 Å². The lowest BCUT2D eigenvalue weighted by Gasteiger charge is -2.07. The zero-order valence-electron chi connectivity index (χ0n) is 14.2. The number of benzene rings is 2. The van der Waals surface area contributed by atoms with Crippen LogP contribution in [0.25, 0.3) is 10.4 Å². The van der Waals surface area contributed by atoms with Crippen molar-refractivity contribution < 1.29 is 18.4 Å². The van der Waals surface area contributed by atoms with Crippen molar-refractivity contribution in [1.29, 1.82) is 0 Å². The maximum Gasteiger partial charge on any atom is 0.265 e. The molecule has 0 atom stereocenters. The fraction of sp³-hybridized carbons (Fsp3) is 0.143. The van der Waals surface area contributed by atoms with Crippen LogP contribution in [0.5, 0.6) is 0 Å². The molecular formula is C21H15F2NO2S. The zero-order valence-corrected chi connectivity index (χ0v) is 15.0. The Hall–Kier alpha value is -2.86. The van der Waals surface area contributed by atoms with Gasteiger partial charge in [-0.05, 0) is 60.2 Å². The second-order valence-corrected chi connectivity index (χ2v) is 7.46. The number of fused-ring (bicyclic) bond motifs is 3. The summed E-state index contributed by atoms with van der Waals surface area (Å²) in [5.74, 6) is -2.19. The molecule has 0 unspecified atom stereocenters. The number of aryl methyl sites for hydroxylation is 2. The number of hydrogen-bond acceptors (Lipinski definition) is 3. The molecule has 1 N–H and O–H groups in total. The Kier molecular flexibility index (Phi) is 4.58. The van der Waals surface area contributed by atoms with Gasteiger partial charge in [0.25, 0.3) is 5.91 Å². The summed E-state index contributed by atoms with van der Waals surface area (Å²) in [7, 11) is 0. The average molecular weight is 383 g/mol. The number of thiophene rings is 1. The van der Waals surface area contributed by atoms with Gasteiger partial charge in [0.15, 0.2) is 0 Å². The van der Waals surface area contributed by atoms with E-state index in [4.69, 9.17) is 0 Å². The molecule has 0 saturated carbocycles. The highest BCUT2D eigenvalue weighted by Crippen LogP contribution is 2.39. The summed E-state index contributed by atoms with van der Waals surface area (Å²) >= 11 is 1.28. The molecule has 1 aliphatic carbocycles. The largest absolute Gasteiger partial charge is 0.316 e. The average Bonchev–Trinajstić information content (AvgIpc) is 3.02. The first-order valence-electron chi connectivity index (χ1n) is 8.53. The Morgan fingerprint density at radius 2 is 1.78 bits per heavy atom. The number of amides is 1. The number of anilines is 1. The van der Waals surface area contributed by atoms with Crippen LogP contribution in [0.15, 0.2) is 42.5 Å². The van der Waals surface area contributed by atoms with Crippen molar-refractivity contribution in [2.45, 2.75) is 19.3 Å². The van der Waals surface area contributed by atoms with E-state index in [2.05, 4.69) is 5.32 Å². The van der Waals surface area contributed by atoms with Gasteiger partial charge in [-0.3, -0.25) is 9.59 Å². The molecule has 2 aromatic carbocycles. The molecule has 4 rings (SSSR count). The van der Waals surface area contributed by atoms with Crippen LogP contribution in [0.4, 0.5) is 14.5 Å². The summed E-state index contributed by atoms with van der Waals surface area (Å²) in [4.78, 5) is 25.0. The van der Waals surface area contributed by atoms with Crippen molar-refractivity contribution in [3.05, 3.63) is 75.7 Å². The standard InChI is InChI=1S/C21H15F2NO2S/c22-16-5-2-6-17(23)19(16)24-21(26)18-10-14-4-1-3-13-8-7-12(11-25)9-15(13)20(14)27-18/h2,5-11H,1,3-4H2,(H,24,26). The van der Waals surface area contributed by atoms with Gasteiger partial charge in [0, 0.05) is 10.4 Å². The van der Waals surface area contributed by atoms with Crippen molar-refractivity contribution in [2.24, 2.45) is 0 Å². The molecule has 0 bridgehead atoms. The van der Waals surface area contributed by atoms with Gasteiger partial charge in [-0.1, -0.05) is 18.2 Å². The van der Waals surface area contributed by atoms with Crippen LogP contribution in [-0.4, -0.2) is 12.2 Å². The molecule has 136 valence electrons. The molecular weight excluding hydrogens is 368 g/mol. The van der Waals surface area contributed by atoms with E-state index in [0.29, 0.717) is 10.4 Å². The highest BCUT2D eigenvalue weighted by atomic mass is 32.1. The summed E-state index contributed by atoms with van der Waals surface area (Å²) in [5, 5.41) is 2.33. The van der Waals surface area contributed by atoms with E-state index in [-0.39, 0.29) is 0 Å². The first kappa shape index (κ1) is 17.5. The van der Waals surface area contributed by atoms with Crippen LogP contribution in [0.3, 0.4) is 0 Å². The smallest absolute Gasteiger partial charge is 0.265 e. The van der Waals surface area contributed by atoms with Gasteiger partial charge in [0.05, 0.1) is 4.88 Å².